The molecule has 0 atom stereocenters. The van der Waals surface area contributed by atoms with Gasteiger partial charge in [-0.25, -0.2) is 9.97 Å². The Hall–Kier alpha value is -2.34. The Labute approximate surface area is 145 Å². The number of halogens is 1. The van der Waals surface area contributed by atoms with E-state index in [1.165, 1.54) is 13.5 Å². The van der Waals surface area contributed by atoms with E-state index < -0.39 is 0 Å². The van der Waals surface area contributed by atoms with Gasteiger partial charge in [0, 0.05) is 24.3 Å². The number of rotatable bonds is 4. The first-order valence-electron chi connectivity index (χ1n) is 7.90. The van der Waals surface area contributed by atoms with Crippen molar-refractivity contribution in [3.63, 3.8) is 0 Å². The molecule has 1 aromatic heterocycles. The van der Waals surface area contributed by atoms with E-state index in [1.54, 1.807) is 30.5 Å². The smallest absolute Gasteiger partial charge is 0.274 e. The zero-order chi connectivity index (χ0) is 16.9. The van der Waals surface area contributed by atoms with Crippen LogP contribution in [0.5, 0.6) is 5.75 Å². The molecule has 1 N–H and O–H groups in total. The second-order valence-corrected chi connectivity index (χ2v) is 6.02. The minimum absolute atomic E-state index is 0.313. The highest BCUT2D eigenvalue weighted by Crippen LogP contribution is 2.28. The van der Waals surface area contributed by atoms with Crippen LogP contribution in [-0.2, 0) is 0 Å². The zero-order valence-corrected chi connectivity index (χ0v) is 14.2. The first-order chi connectivity index (χ1) is 11.7. The number of nitrogens with one attached hydrogen (secondary N) is 1. The van der Waals surface area contributed by atoms with Crippen molar-refractivity contribution >= 4 is 29.1 Å². The molecule has 1 aromatic carbocycles. The SMILES string of the molecule is COc1ccc(Cl)cc1NC(=O)c1ccnc(N2CCCCC2)n1. The Morgan fingerprint density at radius 2 is 2.04 bits per heavy atom. The average Bonchev–Trinajstić information content (AvgIpc) is 2.63. The summed E-state index contributed by atoms with van der Waals surface area (Å²) >= 11 is 5.99. The van der Waals surface area contributed by atoms with E-state index in [1.807, 2.05) is 0 Å². The number of amides is 1. The number of benzene rings is 1. The molecule has 1 aliphatic rings. The third kappa shape index (κ3) is 3.76. The molecule has 3 rings (SSSR count). The van der Waals surface area contributed by atoms with Gasteiger partial charge in [0.1, 0.15) is 11.4 Å². The van der Waals surface area contributed by atoms with Crippen LogP contribution in [0, 0.1) is 0 Å². The highest BCUT2D eigenvalue weighted by Gasteiger charge is 2.17. The van der Waals surface area contributed by atoms with Crippen LogP contribution >= 0.6 is 11.6 Å². The summed E-state index contributed by atoms with van der Waals surface area (Å²) in [5, 5.41) is 3.31. The molecule has 0 spiro atoms. The van der Waals surface area contributed by atoms with Crippen LogP contribution in [0.25, 0.3) is 0 Å². The Morgan fingerprint density at radius 1 is 1.25 bits per heavy atom. The van der Waals surface area contributed by atoms with E-state index in [0.29, 0.717) is 28.1 Å². The largest absolute Gasteiger partial charge is 0.495 e. The number of aromatic nitrogens is 2. The lowest BCUT2D eigenvalue weighted by molar-refractivity contribution is 0.102. The van der Waals surface area contributed by atoms with Gasteiger partial charge in [0.15, 0.2) is 0 Å². The van der Waals surface area contributed by atoms with Crippen LogP contribution in [0.15, 0.2) is 30.5 Å². The van der Waals surface area contributed by atoms with Gasteiger partial charge < -0.3 is 15.0 Å². The van der Waals surface area contributed by atoms with E-state index >= 15 is 0 Å². The molecule has 0 radical (unpaired) electrons. The molecule has 0 aliphatic carbocycles. The maximum Gasteiger partial charge on any atom is 0.274 e. The molecule has 1 fully saturated rings. The predicted molar refractivity (Wildman–Crippen MR) is 94.1 cm³/mol. The van der Waals surface area contributed by atoms with Gasteiger partial charge in [0.05, 0.1) is 12.8 Å². The summed E-state index contributed by atoms with van der Waals surface area (Å²) in [6.07, 6.45) is 5.09. The normalized spacial score (nSPS) is 14.3. The van der Waals surface area contributed by atoms with Crippen molar-refractivity contribution in [2.75, 3.05) is 30.4 Å². The van der Waals surface area contributed by atoms with Crippen molar-refractivity contribution in [2.24, 2.45) is 0 Å². The fraction of sp³-hybridized carbons (Fsp3) is 0.353. The molecule has 0 saturated carbocycles. The maximum absolute atomic E-state index is 12.5. The molecule has 2 heterocycles. The second-order valence-electron chi connectivity index (χ2n) is 5.59. The quantitative estimate of drug-likeness (QED) is 0.919. The summed E-state index contributed by atoms with van der Waals surface area (Å²) in [4.78, 5) is 23.3. The van der Waals surface area contributed by atoms with Crippen LogP contribution in [0.3, 0.4) is 0 Å². The topological polar surface area (TPSA) is 67.3 Å². The maximum atomic E-state index is 12.5. The summed E-state index contributed by atoms with van der Waals surface area (Å²) in [5.74, 6) is 0.815. The summed E-state index contributed by atoms with van der Waals surface area (Å²) in [6, 6.07) is 6.65. The Bertz CT molecular complexity index is 732. The van der Waals surface area contributed by atoms with Gasteiger partial charge in [-0.1, -0.05) is 11.6 Å². The van der Waals surface area contributed by atoms with Gasteiger partial charge >= 0.3 is 0 Å². The monoisotopic (exact) mass is 346 g/mol. The second kappa shape index (κ2) is 7.49. The minimum atomic E-state index is -0.323. The molecule has 1 aliphatic heterocycles. The number of anilines is 2. The molecule has 1 saturated heterocycles. The molecule has 0 unspecified atom stereocenters. The van der Waals surface area contributed by atoms with Crippen LogP contribution < -0.4 is 15.0 Å². The first-order valence-corrected chi connectivity index (χ1v) is 8.28. The van der Waals surface area contributed by atoms with Gasteiger partial charge in [-0.05, 0) is 43.5 Å². The fourth-order valence-electron chi connectivity index (χ4n) is 2.69. The van der Waals surface area contributed by atoms with Crippen LogP contribution in [0.4, 0.5) is 11.6 Å². The lowest BCUT2D eigenvalue weighted by Crippen LogP contribution is -2.31. The highest BCUT2D eigenvalue weighted by atomic mass is 35.5. The summed E-state index contributed by atoms with van der Waals surface area (Å²) < 4.78 is 5.24. The van der Waals surface area contributed by atoms with E-state index in [0.717, 1.165) is 25.9 Å². The summed E-state index contributed by atoms with van der Waals surface area (Å²) in [7, 11) is 1.54. The van der Waals surface area contributed by atoms with E-state index in [4.69, 9.17) is 16.3 Å². The van der Waals surface area contributed by atoms with Crippen LogP contribution in [0.1, 0.15) is 29.8 Å². The molecule has 6 nitrogen and oxygen atoms in total. The predicted octanol–water partition coefficient (Wildman–Crippen LogP) is 3.38. The number of hydrogen-bond acceptors (Lipinski definition) is 5. The number of carbonyl (C=O) groups excluding carboxylic acids is 1. The Balaban J connectivity index is 1.79. The standard InChI is InChI=1S/C17H19ClN4O2/c1-24-15-6-5-12(18)11-14(15)20-16(23)13-7-8-19-17(21-13)22-9-3-2-4-10-22/h5-8,11H,2-4,9-10H2,1H3,(H,20,23). The third-order valence-corrected chi connectivity index (χ3v) is 4.16. The summed E-state index contributed by atoms with van der Waals surface area (Å²) in [5.41, 5.74) is 0.820. The number of piperidine rings is 1. The van der Waals surface area contributed by atoms with Crippen molar-refractivity contribution in [2.45, 2.75) is 19.3 Å². The van der Waals surface area contributed by atoms with Gasteiger partial charge in [0.2, 0.25) is 5.95 Å². The van der Waals surface area contributed by atoms with E-state index in [2.05, 4.69) is 20.2 Å². The molecule has 7 heteroatoms. The van der Waals surface area contributed by atoms with E-state index in [-0.39, 0.29) is 5.91 Å². The molecular weight excluding hydrogens is 328 g/mol. The van der Waals surface area contributed by atoms with Gasteiger partial charge in [-0.2, -0.15) is 0 Å². The van der Waals surface area contributed by atoms with Crippen LogP contribution in [-0.4, -0.2) is 36.1 Å². The van der Waals surface area contributed by atoms with Gasteiger partial charge in [-0.15, -0.1) is 0 Å². The molecule has 0 bridgehead atoms. The number of methoxy groups -OCH3 is 1. The van der Waals surface area contributed by atoms with Gasteiger partial charge in [0.25, 0.3) is 5.91 Å². The lowest BCUT2D eigenvalue weighted by atomic mass is 10.1. The Morgan fingerprint density at radius 3 is 2.79 bits per heavy atom. The van der Waals surface area contributed by atoms with Crippen molar-refractivity contribution in [1.82, 2.24) is 9.97 Å². The highest BCUT2D eigenvalue weighted by molar-refractivity contribution is 6.31. The average molecular weight is 347 g/mol. The first kappa shape index (κ1) is 16.5. The van der Waals surface area contributed by atoms with Crippen LogP contribution in [0.2, 0.25) is 5.02 Å². The summed E-state index contributed by atoms with van der Waals surface area (Å²) in [6.45, 7) is 1.85. The van der Waals surface area contributed by atoms with Crippen molar-refractivity contribution in [3.05, 3.63) is 41.2 Å². The molecule has 24 heavy (non-hydrogen) atoms. The van der Waals surface area contributed by atoms with Crippen molar-refractivity contribution < 1.29 is 9.53 Å². The lowest BCUT2D eigenvalue weighted by Gasteiger charge is -2.26. The van der Waals surface area contributed by atoms with Crippen molar-refractivity contribution in [3.8, 4) is 5.75 Å². The number of hydrogen-bond donors (Lipinski definition) is 1. The third-order valence-electron chi connectivity index (χ3n) is 3.92. The number of carbonyl (C=O) groups is 1. The molecule has 2 aromatic rings. The Kier molecular flexibility index (Phi) is 5.15. The van der Waals surface area contributed by atoms with Gasteiger partial charge in [-0.3, -0.25) is 4.79 Å². The zero-order valence-electron chi connectivity index (χ0n) is 13.5. The van der Waals surface area contributed by atoms with Crippen molar-refractivity contribution in [1.29, 1.82) is 0 Å². The molecule has 1 amide bonds. The number of nitrogens with zero attached hydrogens (tertiary/aromatic N) is 3. The molecular formula is C17H19ClN4O2. The van der Waals surface area contributed by atoms with E-state index in [9.17, 15) is 4.79 Å². The minimum Gasteiger partial charge on any atom is -0.495 e. The molecule has 126 valence electrons. The number of ether oxygens (including phenoxy) is 1. The fourth-order valence-corrected chi connectivity index (χ4v) is 2.86.